The summed E-state index contributed by atoms with van der Waals surface area (Å²) in [6, 6.07) is 0. The highest BCUT2D eigenvalue weighted by Crippen LogP contribution is 2.11. The lowest BCUT2D eigenvalue weighted by atomic mass is 9.99. The highest BCUT2D eigenvalue weighted by molar-refractivity contribution is 6.35. The number of carbonyl (C=O) groups is 2. The van der Waals surface area contributed by atoms with Crippen LogP contribution in [0.1, 0.15) is 52.4 Å². The van der Waals surface area contributed by atoms with Crippen molar-refractivity contribution in [2.75, 3.05) is 19.7 Å². The summed E-state index contributed by atoms with van der Waals surface area (Å²) in [4.78, 5) is 23.3. The molecule has 2 amide bonds. The lowest BCUT2D eigenvalue weighted by Crippen LogP contribution is -2.43. The number of hydrogen-bond donors (Lipinski definition) is 2. The van der Waals surface area contributed by atoms with Gasteiger partial charge in [-0.3, -0.25) is 9.59 Å². The van der Waals surface area contributed by atoms with Crippen LogP contribution >= 0.6 is 0 Å². The molecule has 1 saturated heterocycles. The van der Waals surface area contributed by atoms with Crippen LogP contribution < -0.4 is 10.6 Å². The Kier molecular flexibility index (Phi) is 8.26. The topological polar surface area (TPSA) is 67.4 Å². The van der Waals surface area contributed by atoms with E-state index in [1.165, 1.54) is 6.42 Å². The Labute approximate surface area is 121 Å². The first-order valence-electron chi connectivity index (χ1n) is 7.85. The zero-order chi connectivity index (χ0) is 14.8. The number of hydrogen-bond acceptors (Lipinski definition) is 3. The highest BCUT2D eigenvalue weighted by atomic mass is 16.5. The molecule has 0 aromatic heterocycles. The molecule has 116 valence electrons. The van der Waals surface area contributed by atoms with E-state index < -0.39 is 11.8 Å². The van der Waals surface area contributed by atoms with Crippen LogP contribution in [-0.4, -0.2) is 37.6 Å². The van der Waals surface area contributed by atoms with Gasteiger partial charge in [-0.2, -0.15) is 0 Å². The Balaban J connectivity index is 2.17. The maximum atomic E-state index is 11.7. The van der Waals surface area contributed by atoms with Crippen LogP contribution in [0.3, 0.4) is 0 Å². The third-order valence-electron chi connectivity index (χ3n) is 3.82. The minimum atomic E-state index is -0.550. The summed E-state index contributed by atoms with van der Waals surface area (Å²) >= 11 is 0. The number of ether oxygens (including phenoxy) is 1. The van der Waals surface area contributed by atoms with Gasteiger partial charge in [-0.25, -0.2) is 0 Å². The van der Waals surface area contributed by atoms with Crippen molar-refractivity contribution in [3.8, 4) is 0 Å². The van der Waals surface area contributed by atoms with E-state index in [1.807, 2.05) is 0 Å². The second-order valence-corrected chi connectivity index (χ2v) is 5.47. The van der Waals surface area contributed by atoms with E-state index in [9.17, 15) is 9.59 Å². The van der Waals surface area contributed by atoms with Crippen LogP contribution in [0.25, 0.3) is 0 Å². The molecule has 2 N–H and O–H groups in total. The predicted molar refractivity (Wildman–Crippen MR) is 78.3 cm³/mol. The fraction of sp³-hybridized carbons (Fsp3) is 0.867. The molecule has 0 aromatic rings. The lowest BCUT2D eigenvalue weighted by molar-refractivity contribution is -0.139. The SMILES string of the molecule is CCCC[C@H](CC)CNC(=O)C(=O)NC[C@H]1CCCO1. The summed E-state index contributed by atoms with van der Waals surface area (Å²) in [5.74, 6) is -0.617. The summed E-state index contributed by atoms with van der Waals surface area (Å²) in [6.45, 7) is 6.04. The van der Waals surface area contributed by atoms with E-state index in [0.717, 1.165) is 38.7 Å². The van der Waals surface area contributed by atoms with Crippen LogP contribution in [0.5, 0.6) is 0 Å². The molecule has 5 nitrogen and oxygen atoms in total. The van der Waals surface area contributed by atoms with Gasteiger partial charge in [-0.1, -0.05) is 33.1 Å². The minimum Gasteiger partial charge on any atom is -0.376 e. The van der Waals surface area contributed by atoms with Gasteiger partial charge in [0, 0.05) is 19.7 Å². The maximum absolute atomic E-state index is 11.7. The van der Waals surface area contributed by atoms with Crippen molar-refractivity contribution in [2.24, 2.45) is 5.92 Å². The quantitative estimate of drug-likeness (QED) is 0.666. The molecule has 0 radical (unpaired) electrons. The molecule has 1 aliphatic heterocycles. The molecule has 0 spiro atoms. The van der Waals surface area contributed by atoms with Crippen molar-refractivity contribution >= 4 is 11.8 Å². The summed E-state index contributed by atoms with van der Waals surface area (Å²) < 4.78 is 5.40. The normalized spacial score (nSPS) is 19.6. The largest absolute Gasteiger partial charge is 0.376 e. The Morgan fingerprint density at radius 2 is 2.00 bits per heavy atom. The van der Waals surface area contributed by atoms with E-state index in [4.69, 9.17) is 4.74 Å². The average Bonchev–Trinajstić information content (AvgIpc) is 2.98. The van der Waals surface area contributed by atoms with Crippen LogP contribution in [0.4, 0.5) is 0 Å². The van der Waals surface area contributed by atoms with Gasteiger partial charge < -0.3 is 15.4 Å². The first kappa shape index (κ1) is 17.0. The van der Waals surface area contributed by atoms with Crippen molar-refractivity contribution in [2.45, 2.75) is 58.5 Å². The van der Waals surface area contributed by atoms with Crippen molar-refractivity contribution in [3.05, 3.63) is 0 Å². The van der Waals surface area contributed by atoms with E-state index in [2.05, 4.69) is 24.5 Å². The van der Waals surface area contributed by atoms with Crippen molar-refractivity contribution in [1.82, 2.24) is 10.6 Å². The number of nitrogens with one attached hydrogen (secondary N) is 2. The van der Waals surface area contributed by atoms with E-state index in [1.54, 1.807) is 0 Å². The molecule has 0 unspecified atom stereocenters. The first-order valence-corrected chi connectivity index (χ1v) is 7.85. The Morgan fingerprint density at radius 1 is 1.25 bits per heavy atom. The van der Waals surface area contributed by atoms with Gasteiger partial charge >= 0.3 is 11.8 Å². The molecule has 0 aliphatic carbocycles. The molecular weight excluding hydrogens is 256 g/mol. The molecule has 1 rings (SSSR count). The molecule has 1 heterocycles. The van der Waals surface area contributed by atoms with Crippen LogP contribution in [0.15, 0.2) is 0 Å². The van der Waals surface area contributed by atoms with E-state index in [-0.39, 0.29) is 6.10 Å². The first-order chi connectivity index (χ1) is 9.67. The fourth-order valence-corrected chi connectivity index (χ4v) is 2.35. The molecule has 0 saturated carbocycles. The highest BCUT2D eigenvalue weighted by Gasteiger charge is 2.19. The molecule has 20 heavy (non-hydrogen) atoms. The third-order valence-corrected chi connectivity index (χ3v) is 3.82. The van der Waals surface area contributed by atoms with Crippen LogP contribution in [-0.2, 0) is 14.3 Å². The van der Waals surface area contributed by atoms with Crippen molar-refractivity contribution in [3.63, 3.8) is 0 Å². The second kappa shape index (κ2) is 9.75. The van der Waals surface area contributed by atoms with Crippen molar-refractivity contribution < 1.29 is 14.3 Å². The molecular formula is C15H28N2O3. The van der Waals surface area contributed by atoms with Gasteiger partial charge in [0.2, 0.25) is 0 Å². The lowest BCUT2D eigenvalue weighted by Gasteiger charge is -2.15. The number of amides is 2. The average molecular weight is 284 g/mol. The summed E-state index contributed by atoms with van der Waals surface area (Å²) in [6.07, 6.45) is 6.51. The standard InChI is InChI=1S/C15H28N2O3/c1-3-5-7-12(4-2)10-16-14(18)15(19)17-11-13-8-6-9-20-13/h12-13H,3-11H2,1-2H3,(H,16,18)(H,17,19)/t12-,13+/m0/s1. The summed E-state index contributed by atoms with van der Waals surface area (Å²) in [5.41, 5.74) is 0. The monoisotopic (exact) mass is 284 g/mol. The zero-order valence-corrected chi connectivity index (χ0v) is 12.7. The second-order valence-electron chi connectivity index (χ2n) is 5.47. The predicted octanol–water partition coefficient (Wildman–Crippen LogP) is 1.61. The van der Waals surface area contributed by atoms with Crippen LogP contribution in [0.2, 0.25) is 0 Å². The van der Waals surface area contributed by atoms with Gasteiger partial charge in [-0.05, 0) is 25.2 Å². The number of unbranched alkanes of at least 4 members (excludes halogenated alkanes) is 1. The van der Waals surface area contributed by atoms with Crippen LogP contribution in [0, 0.1) is 5.92 Å². The number of carbonyl (C=O) groups excluding carboxylic acids is 2. The van der Waals surface area contributed by atoms with E-state index in [0.29, 0.717) is 19.0 Å². The van der Waals surface area contributed by atoms with Gasteiger partial charge in [0.1, 0.15) is 0 Å². The Bertz CT molecular complexity index is 301. The molecule has 5 heteroatoms. The maximum Gasteiger partial charge on any atom is 0.309 e. The van der Waals surface area contributed by atoms with Gasteiger partial charge in [0.15, 0.2) is 0 Å². The van der Waals surface area contributed by atoms with Crippen molar-refractivity contribution in [1.29, 1.82) is 0 Å². The Hall–Kier alpha value is -1.10. The zero-order valence-electron chi connectivity index (χ0n) is 12.7. The smallest absolute Gasteiger partial charge is 0.309 e. The molecule has 0 aromatic carbocycles. The molecule has 0 bridgehead atoms. The minimum absolute atomic E-state index is 0.0692. The summed E-state index contributed by atoms with van der Waals surface area (Å²) in [5, 5.41) is 5.36. The van der Waals surface area contributed by atoms with Gasteiger partial charge in [-0.15, -0.1) is 0 Å². The van der Waals surface area contributed by atoms with Gasteiger partial charge in [0.25, 0.3) is 0 Å². The summed E-state index contributed by atoms with van der Waals surface area (Å²) in [7, 11) is 0. The van der Waals surface area contributed by atoms with E-state index >= 15 is 0 Å². The molecule has 1 fully saturated rings. The molecule has 1 aliphatic rings. The number of rotatable bonds is 8. The fourth-order valence-electron chi connectivity index (χ4n) is 2.35. The molecule has 2 atom stereocenters. The Morgan fingerprint density at radius 3 is 2.60 bits per heavy atom. The van der Waals surface area contributed by atoms with Gasteiger partial charge in [0.05, 0.1) is 6.10 Å². The third kappa shape index (κ3) is 6.37.